The average Bonchev–Trinajstić information content (AvgIpc) is 3.25. The Kier molecular flexibility index (Phi) is 3.59. The van der Waals surface area contributed by atoms with Gasteiger partial charge in [-0.05, 0) is 49.1 Å². The van der Waals surface area contributed by atoms with Crippen molar-refractivity contribution in [2.75, 3.05) is 6.54 Å². The third-order valence-electron chi connectivity index (χ3n) is 4.19. The Labute approximate surface area is 126 Å². The molecule has 0 saturated heterocycles. The quantitative estimate of drug-likeness (QED) is 0.814. The van der Waals surface area contributed by atoms with Crippen LogP contribution in [0, 0.1) is 11.3 Å². The van der Waals surface area contributed by atoms with E-state index in [0.717, 1.165) is 28.7 Å². The zero-order chi connectivity index (χ0) is 14.4. The predicted molar refractivity (Wildman–Crippen MR) is 78.5 cm³/mol. The fraction of sp³-hybridized carbons (Fsp3) is 0.615. The lowest BCUT2D eigenvalue weighted by molar-refractivity contribution is -0.120. The standard InChI is InChI=1S/C13H16ClNO3S2/c14-20(17,18)12-4-3-10(19-12)7-11(16)15-8-13(5-6-13)9-1-2-9/h3-4,9H,1-2,5-8H2,(H,15,16). The average molecular weight is 334 g/mol. The number of hydrogen-bond donors (Lipinski definition) is 1. The summed E-state index contributed by atoms with van der Waals surface area (Å²) in [5.41, 5.74) is 0.385. The molecule has 1 aromatic rings. The van der Waals surface area contributed by atoms with Gasteiger partial charge in [-0.25, -0.2) is 8.42 Å². The summed E-state index contributed by atoms with van der Waals surface area (Å²) in [6.45, 7) is 0.766. The van der Waals surface area contributed by atoms with Crippen molar-refractivity contribution in [3.8, 4) is 0 Å². The highest BCUT2D eigenvalue weighted by Crippen LogP contribution is 2.60. The number of rotatable bonds is 6. The van der Waals surface area contributed by atoms with Gasteiger partial charge in [0.2, 0.25) is 5.91 Å². The monoisotopic (exact) mass is 333 g/mol. The summed E-state index contributed by atoms with van der Waals surface area (Å²) in [6, 6.07) is 3.09. The number of carbonyl (C=O) groups excluding carboxylic acids is 1. The Morgan fingerprint density at radius 1 is 1.40 bits per heavy atom. The first-order valence-corrected chi connectivity index (χ1v) is 9.82. The Bertz CT molecular complexity index is 630. The molecule has 0 unspecified atom stereocenters. The summed E-state index contributed by atoms with van der Waals surface area (Å²) in [7, 11) is 1.57. The van der Waals surface area contributed by atoms with Gasteiger partial charge in [0.05, 0.1) is 6.42 Å². The molecule has 0 aliphatic heterocycles. The van der Waals surface area contributed by atoms with Crippen LogP contribution in [0.1, 0.15) is 30.6 Å². The van der Waals surface area contributed by atoms with Crippen LogP contribution in [0.2, 0.25) is 0 Å². The van der Waals surface area contributed by atoms with Crippen LogP contribution in [0.4, 0.5) is 0 Å². The number of nitrogens with one attached hydrogen (secondary N) is 1. The summed E-state index contributed by atoms with van der Waals surface area (Å²) in [4.78, 5) is 12.6. The molecule has 2 aliphatic rings. The van der Waals surface area contributed by atoms with Crippen molar-refractivity contribution >= 4 is 37.0 Å². The minimum absolute atomic E-state index is 0.0442. The molecular weight excluding hydrogens is 318 g/mol. The van der Waals surface area contributed by atoms with Crippen LogP contribution in [0.25, 0.3) is 0 Å². The molecule has 0 radical (unpaired) electrons. The largest absolute Gasteiger partial charge is 0.355 e. The van der Waals surface area contributed by atoms with E-state index in [2.05, 4.69) is 5.32 Å². The Morgan fingerprint density at radius 3 is 2.60 bits per heavy atom. The van der Waals surface area contributed by atoms with Crippen molar-refractivity contribution in [2.24, 2.45) is 11.3 Å². The van der Waals surface area contributed by atoms with Crippen LogP contribution in [0.15, 0.2) is 16.3 Å². The van der Waals surface area contributed by atoms with Crippen LogP contribution in [-0.2, 0) is 20.3 Å². The Balaban J connectivity index is 1.52. The molecule has 1 aromatic heterocycles. The fourth-order valence-electron chi connectivity index (χ4n) is 2.67. The first-order chi connectivity index (χ1) is 9.39. The van der Waals surface area contributed by atoms with Crippen LogP contribution < -0.4 is 5.32 Å². The highest BCUT2D eigenvalue weighted by Gasteiger charge is 2.53. The van der Waals surface area contributed by atoms with E-state index in [1.54, 1.807) is 6.07 Å². The number of amides is 1. The normalized spacial score (nSPS) is 20.6. The van der Waals surface area contributed by atoms with Gasteiger partial charge in [-0.2, -0.15) is 0 Å². The summed E-state index contributed by atoms with van der Waals surface area (Å²) in [5, 5.41) is 2.99. The second-order valence-electron chi connectivity index (χ2n) is 5.75. The number of thiophene rings is 1. The Hall–Kier alpha value is -0.590. The summed E-state index contributed by atoms with van der Waals surface area (Å²) < 4.78 is 22.4. The molecule has 0 atom stereocenters. The Morgan fingerprint density at radius 2 is 2.10 bits per heavy atom. The molecule has 0 bridgehead atoms. The minimum Gasteiger partial charge on any atom is -0.355 e. The second-order valence-corrected chi connectivity index (χ2v) is 9.71. The third-order valence-corrected chi connectivity index (χ3v) is 7.36. The third kappa shape index (κ3) is 3.18. The van der Waals surface area contributed by atoms with Gasteiger partial charge in [0.25, 0.3) is 9.05 Å². The van der Waals surface area contributed by atoms with Gasteiger partial charge in [0, 0.05) is 22.1 Å². The second kappa shape index (κ2) is 5.00. The molecule has 7 heteroatoms. The van der Waals surface area contributed by atoms with Crippen LogP contribution >= 0.6 is 22.0 Å². The summed E-state index contributed by atoms with van der Waals surface area (Å²) in [5.74, 6) is 0.773. The lowest BCUT2D eigenvalue weighted by Crippen LogP contribution is -2.32. The first kappa shape index (κ1) is 14.4. The van der Waals surface area contributed by atoms with Crippen molar-refractivity contribution in [2.45, 2.75) is 36.3 Å². The molecule has 110 valence electrons. The van der Waals surface area contributed by atoms with Crippen molar-refractivity contribution in [1.29, 1.82) is 0 Å². The zero-order valence-corrected chi connectivity index (χ0v) is 13.3. The molecule has 1 amide bonds. The van der Waals surface area contributed by atoms with E-state index in [9.17, 15) is 13.2 Å². The topological polar surface area (TPSA) is 63.2 Å². The highest BCUT2D eigenvalue weighted by molar-refractivity contribution is 8.15. The summed E-state index contributed by atoms with van der Waals surface area (Å²) >= 11 is 1.06. The molecule has 2 fully saturated rings. The molecule has 1 heterocycles. The SMILES string of the molecule is O=C(Cc1ccc(S(=O)(=O)Cl)s1)NCC1(C2CC2)CC1. The molecule has 2 aliphatic carbocycles. The van der Waals surface area contributed by atoms with Crippen LogP contribution in [0.5, 0.6) is 0 Å². The van der Waals surface area contributed by atoms with Crippen molar-refractivity contribution in [1.82, 2.24) is 5.32 Å². The van der Waals surface area contributed by atoms with E-state index < -0.39 is 9.05 Å². The van der Waals surface area contributed by atoms with Gasteiger partial charge in [0.1, 0.15) is 4.21 Å². The van der Waals surface area contributed by atoms with E-state index in [-0.39, 0.29) is 16.5 Å². The summed E-state index contributed by atoms with van der Waals surface area (Å²) in [6.07, 6.45) is 5.28. The number of carbonyl (C=O) groups is 1. The van der Waals surface area contributed by atoms with E-state index in [1.165, 1.54) is 31.7 Å². The number of halogens is 1. The van der Waals surface area contributed by atoms with Crippen molar-refractivity contribution in [3.63, 3.8) is 0 Å². The van der Waals surface area contributed by atoms with E-state index in [1.807, 2.05) is 0 Å². The van der Waals surface area contributed by atoms with E-state index in [4.69, 9.17) is 10.7 Å². The smallest absolute Gasteiger partial charge is 0.270 e. The molecule has 4 nitrogen and oxygen atoms in total. The van der Waals surface area contributed by atoms with E-state index >= 15 is 0 Å². The van der Waals surface area contributed by atoms with Gasteiger partial charge < -0.3 is 5.32 Å². The molecular formula is C13H16ClNO3S2. The highest BCUT2D eigenvalue weighted by atomic mass is 35.7. The predicted octanol–water partition coefficient (Wildman–Crippen LogP) is 2.52. The van der Waals surface area contributed by atoms with Gasteiger partial charge in [0.15, 0.2) is 0 Å². The minimum atomic E-state index is -3.69. The molecule has 1 N–H and O–H groups in total. The van der Waals surface area contributed by atoms with Gasteiger partial charge >= 0.3 is 0 Å². The molecule has 0 aromatic carbocycles. The molecule has 0 spiro atoms. The van der Waals surface area contributed by atoms with Crippen LogP contribution in [-0.4, -0.2) is 20.9 Å². The lowest BCUT2D eigenvalue weighted by atomic mass is 10.0. The van der Waals surface area contributed by atoms with Gasteiger partial charge in [-0.3, -0.25) is 4.79 Å². The maximum absolute atomic E-state index is 11.9. The maximum atomic E-state index is 11.9. The van der Waals surface area contributed by atoms with Crippen molar-refractivity contribution in [3.05, 3.63) is 17.0 Å². The first-order valence-electron chi connectivity index (χ1n) is 6.69. The van der Waals surface area contributed by atoms with Gasteiger partial charge in [-0.1, -0.05) is 0 Å². The van der Waals surface area contributed by atoms with Crippen LogP contribution in [0.3, 0.4) is 0 Å². The fourth-order valence-corrected chi connectivity index (χ4v) is 4.79. The molecule has 20 heavy (non-hydrogen) atoms. The molecule has 3 rings (SSSR count). The maximum Gasteiger partial charge on any atom is 0.270 e. The van der Waals surface area contributed by atoms with E-state index in [0.29, 0.717) is 5.41 Å². The van der Waals surface area contributed by atoms with Gasteiger partial charge in [-0.15, -0.1) is 11.3 Å². The number of hydrogen-bond acceptors (Lipinski definition) is 4. The molecule has 2 saturated carbocycles. The lowest BCUT2D eigenvalue weighted by Gasteiger charge is -2.14. The van der Waals surface area contributed by atoms with Crippen molar-refractivity contribution < 1.29 is 13.2 Å². The zero-order valence-electron chi connectivity index (χ0n) is 10.9.